The van der Waals surface area contributed by atoms with E-state index in [0.717, 1.165) is 11.4 Å². The lowest BCUT2D eigenvalue weighted by Crippen LogP contribution is -2.12. The normalized spacial score (nSPS) is 10.0. The first-order valence-electron chi connectivity index (χ1n) is 5.46. The van der Waals surface area contributed by atoms with E-state index in [4.69, 9.17) is 34.3 Å². The van der Waals surface area contributed by atoms with E-state index in [-0.39, 0.29) is 4.99 Å². The van der Waals surface area contributed by atoms with Crippen LogP contribution in [0.5, 0.6) is 5.88 Å². The van der Waals surface area contributed by atoms with E-state index in [0.29, 0.717) is 16.5 Å². The molecule has 1 aromatic carbocycles. The van der Waals surface area contributed by atoms with Gasteiger partial charge in [-0.25, -0.2) is 4.98 Å². The summed E-state index contributed by atoms with van der Waals surface area (Å²) >= 11 is 10.9. The van der Waals surface area contributed by atoms with Gasteiger partial charge in [0.2, 0.25) is 5.88 Å². The maximum absolute atomic E-state index is 5.93. The smallest absolute Gasteiger partial charge is 0.213 e. The van der Waals surface area contributed by atoms with Crippen molar-refractivity contribution in [3.8, 4) is 5.88 Å². The fourth-order valence-electron chi connectivity index (χ4n) is 1.56. The molecule has 0 spiro atoms. The predicted octanol–water partition coefficient (Wildman–Crippen LogP) is 3.12. The topological polar surface area (TPSA) is 60.2 Å². The Morgan fingerprint density at radius 3 is 2.74 bits per heavy atom. The van der Waals surface area contributed by atoms with Gasteiger partial charge in [0.15, 0.2) is 0 Å². The summed E-state index contributed by atoms with van der Waals surface area (Å²) in [5.41, 5.74) is 7.96. The number of thiocarbonyl (C=S) groups is 1. The van der Waals surface area contributed by atoms with Crippen molar-refractivity contribution in [2.75, 3.05) is 12.4 Å². The van der Waals surface area contributed by atoms with Crippen molar-refractivity contribution in [2.24, 2.45) is 5.73 Å². The summed E-state index contributed by atoms with van der Waals surface area (Å²) in [6, 6.07) is 8.93. The first-order chi connectivity index (χ1) is 9.10. The van der Waals surface area contributed by atoms with Gasteiger partial charge in [-0.2, -0.15) is 0 Å². The summed E-state index contributed by atoms with van der Waals surface area (Å²) in [4.78, 5) is 4.39. The SMILES string of the molecule is COc1ccc(Nc2ccc(Cl)cc2C(N)=S)cn1. The minimum atomic E-state index is 0.284. The standard InChI is InChI=1S/C13H12ClN3OS/c1-18-12-5-3-9(7-16-12)17-11-4-2-8(14)6-10(11)13(15)19/h2-7,17H,1H3,(H2,15,19). The van der Waals surface area contributed by atoms with Crippen LogP contribution in [0.4, 0.5) is 11.4 Å². The Morgan fingerprint density at radius 1 is 1.37 bits per heavy atom. The predicted molar refractivity (Wildman–Crippen MR) is 81.4 cm³/mol. The third-order valence-electron chi connectivity index (χ3n) is 2.47. The fraction of sp³-hybridized carbons (Fsp3) is 0.0769. The van der Waals surface area contributed by atoms with Gasteiger partial charge in [-0.15, -0.1) is 0 Å². The molecular weight excluding hydrogens is 282 g/mol. The summed E-state index contributed by atoms with van der Waals surface area (Å²) in [5, 5.41) is 3.77. The molecule has 0 fully saturated rings. The van der Waals surface area contributed by atoms with Gasteiger partial charge in [0.25, 0.3) is 0 Å². The molecule has 98 valence electrons. The largest absolute Gasteiger partial charge is 0.481 e. The molecule has 0 radical (unpaired) electrons. The zero-order valence-corrected chi connectivity index (χ0v) is 11.8. The van der Waals surface area contributed by atoms with Gasteiger partial charge >= 0.3 is 0 Å². The van der Waals surface area contributed by atoms with Crippen LogP contribution in [-0.4, -0.2) is 17.1 Å². The number of aromatic nitrogens is 1. The molecule has 2 rings (SSSR count). The Balaban J connectivity index is 2.29. The number of nitrogens with two attached hydrogens (primary N) is 1. The zero-order chi connectivity index (χ0) is 13.8. The van der Waals surface area contributed by atoms with Gasteiger partial charge < -0.3 is 15.8 Å². The lowest BCUT2D eigenvalue weighted by atomic mass is 10.1. The molecule has 0 bridgehead atoms. The molecule has 0 saturated carbocycles. The molecule has 0 aliphatic carbocycles. The Kier molecular flexibility index (Phi) is 4.19. The van der Waals surface area contributed by atoms with Gasteiger partial charge in [-0.1, -0.05) is 23.8 Å². The molecule has 6 heteroatoms. The monoisotopic (exact) mass is 293 g/mol. The quantitative estimate of drug-likeness (QED) is 0.848. The number of nitrogens with zero attached hydrogens (tertiary/aromatic N) is 1. The number of anilines is 2. The van der Waals surface area contributed by atoms with E-state index in [1.165, 1.54) is 0 Å². The number of halogens is 1. The number of ether oxygens (including phenoxy) is 1. The van der Waals surface area contributed by atoms with Crippen LogP contribution in [0.3, 0.4) is 0 Å². The number of methoxy groups -OCH3 is 1. The molecule has 19 heavy (non-hydrogen) atoms. The molecule has 0 amide bonds. The van der Waals surface area contributed by atoms with Crippen molar-refractivity contribution in [1.29, 1.82) is 0 Å². The summed E-state index contributed by atoms with van der Waals surface area (Å²) in [7, 11) is 1.57. The fourth-order valence-corrected chi connectivity index (χ4v) is 1.90. The highest BCUT2D eigenvalue weighted by Crippen LogP contribution is 2.24. The first kappa shape index (κ1) is 13.6. The van der Waals surface area contributed by atoms with Crippen LogP contribution in [0.1, 0.15) is 5.56 Å². The Morgan fingerprint density at radius 2 is 2.16 bits per heavy atom. The van der Waals surface area contributed by atoms with Gasteiger partial charge in [0.1, 0.15) is 4.99 Å². The van der Waals surface area contributed by atoms with Crippen molar-refractivity contribution in [3.05, 3.63) is 47.1 Å². The summed E-state index contributed by atoms with van der Waals surface area (Å²) < 4.78 is 5.00. The number of rotatable bonds is 4. The average molecular weight is 294 g/mol. The maximum atomic E-state index is 5.93. The van der Waals surface area contributed by atoms with Gasteiger partial charge in [0, 0.05) is 22.3 Å². The molecule has 2 aromatic rings. The minimum absolute atomic E-state index is 0.284. The van der Waals surface area contributed by atoms with Crippen LogP contribution >= 0.6 is 23.8 Å². The molecule has 0 unspecified atom stereocenters. The van der Waals surface area contributed by atoms with Crippen molar-refractivity contribution < 1.29 is 4.74 Å². The molecule has 0 atom stereocenters. The zero-order valence-electron chi connectivity index (χ0n) is 10.2. The van der Waals surface area contributed by atoms with E-state index < -0.39 is 0 Å². The second kappa shape index (κ2) is 5.86. The average Bonchev–Trinajstić information content (AvgIpc) is 2.41. The van der Waals surface area contributed by atoms with E-state index in [9.17, 15) is 0 Å². The van der Waals surface area contributed by atoms with E-state index in [1.807, 2.05) is 12.1 Å². The Labute approximate surface area is 121 Å². The van der Waals surface area contributed by atoms with Crippen LogP contribution in [0.25, 0.3) is 0 Å². The third-order valence-corrected chi connectivity index (χ3v) is 2.93. The van der Waals surface area contributed by atoms with Gasteiger partial charge in [-0.05, 0) is 24.3 Å². The van der Waals surface area contributed by atoms with Crippen LogP contribution < -0.4 is 15.8 Å². The number of hydrogen-bond donors (Lipinski definition) is 2. The number of pyridine rings is 1. The lowest BCUT2D eigenvalue weighted by molar-refractivity contribution is 0.398. The van der Waals surface area contributed by atoms with Crippen molar-refractivity contribution in [3.63, 3.8) is 0 Å². The second-order valence-corrected chi connectivity index (χ2v) is 4.64. The number of nitrogens with one attached hydrogen (secondary N) is 1. The molecule has 3 N–H and O–H groups in total. The first-order valence-corrected chi connectivity index (χ1v) is 6.25. The Hall–Kier alpha value is -1.85. The van der Waals surface area contributed by atoms with E-state index >= 15 is 0 Å². The minimum Gasteiger partial charge on any atom is -0.481 e. The van der Waals surface area contributed by atoms with Crippen LogP contribution in [0.15, 0.2) is 36.5 Å². The number of hydrogen-bond acceptors (Lipinski definition) is 4. The third kappa shape index (κ3) is 3.33. The van der Waals surface area contributed by atoms with Gasteiger partial charge in [0.05, 0.1) is 19.0 Å². The van der Waals surface area contributed by atoms with Crippen molar-refractivity contribution in [2.45, 2.75) is 0 Å². The molecule has 0 saturated heterocycles. The molecule has 1 aromatic heterocycles. The highest BCUT2D eigenvalue weighted by atomic mass is 35.5. The highest BCUT2D eigenvalue weighted by Gasteiger charge is 2.07. The van der Waals surface area contributed by atoms with Crippen molar-refractivity contribution in [1.82, 2.24) is 4.98 Å². The molecular formula is C13H12ClN3OS. The summed E-state index contributed by atoms with van der Waals surface area (Å²) in [6.07, 6.45) is 1.66. The van der Waals surface area contributed by atoms with Crippen LogP contribution in [0.2, 0.25) is 5.02 Å². The number of benzene rings is 1. The maximum Gasteiger partial charge on any atom is 0.213 e. The summed E-state index contributed by atoms with van der Waals surface area (Å²) in [6.45, 7) is 0. The second-order valence-electron chi connectivity index (χ2n) is 3.77. The molecule has 0 aliphatic heterocycles. The van der Waals surface area contributed by atoms with Crippen molar-refractivity contribution >= 4 is 40.2 Å². The van der Waals surface area contributed by atoms with Crippen LogP contribution in [0, 0.1) is 0 Å². The molecule has 1 heterocycles. The highest BCUT2D eigenvalue weighted by molar-refractivity contribution is 7.80. The van der Waals surface area contributed by atoms with Crippen LogP contribution in [-0.2, 0) is 0 Å². The summed E-state index contributed by atoms with van der Waals surface area (Å²) in [5.74, 6) is 0.552. The van der Waals surface area contributed by atoms with Gasteiger partial charge in [-0.3, -0.25) is 0 Å². The molecule has 4 nitrogen and oxygen atoms in total. The van der Waals surface area contributed by atoms with E-state index in [2.05, 4.69) is 10.3 Å². The Bertz CT molecular complexity index is 601. The van der Waals surface area contributed by atoms with E-state index in [1.54, 1.807) is 31.5 Å². The lowest BCUT2D eigenvalue weighted by Gasteiger charge is -2.11. The molecule has 0 aliphatic rings.